The molecule has 10 nitrogen and oxygen atoms in total. The molecular weight excluding hydrogens is 1220 g/mol. The van der Waals surface area contributed by atoms with Crippen LogP contribution in [0, 0.1) is 0 Å². The fraction of sp³-hybridized carbons (Fsp3) is 0. The Bertz CT molecular complexity index is 6290. The van der Waals surface area contributed by atoms with Gasteiger partial charge in [0.1, 0.15) is 0 Å². The highest BCUT2D eigenvalue weighted by atomic mass is 15.1. The molecule has 0 aliphatic carbocycles. The van der Waals surface area contributed by atoms with Crippen LogP contribution in [0.5, 0.6) is 0 Å². The summed E-state index contributed by atoms with van der Waals surface area (Å²) in [4.78, 5) is 29.6. The SMILES string of the molecule is c1ccc(-c2nc(-c3ccccc3)nc(-c3ccc(-n4c5ccccc5c5cc(-n6c7ccccc7c7ccccc76)ccc54)cc3)n2)cc1.c1ccc(-c2nc(-c3ccccc3)nc(-c3cccc(-n4c5ccccc5c5cc(-n6c7ccccc7c7ccccc76)ccc54)c3)n2)cc1. The van der Waals surface area contributed by atoms with E-state index in [2.05, 4.69) is 249 Å². The highest BCUT2D eigenvalue weighted by Crippen LogP contribution is 2.41. The van der Waals surface area contributed by atoms with Gasteiger partial charge < -0.3 is 18.3 Å². The molecule has 0 aliphatic rings. The summed E-state index contributed by atoms with van der Waals surface area (Å²) in [5.41, 5.74) is 19.5. The van der Waals surface area contributed by atoms with Crippen LogP contribution in [0.3, 0.4) is 0 Å². The Morgan fingerprint density at radius 1 is 0.140 bits per heavy atom. The van der Waals surface area contributed by atoms with Crippen molar-refractivity contribution in [3.8, 4) is 91.1 Å². The summed E-state index contributed by atoms with van der Waals surface area (Å²) in [5, 5.41) is 9.86. The summed E-state index contributed by atoms with van der Waals surface area (Å²) in [6.45, 7) is 0. The van der Waals surface area contributed by atoms with Crippen molar-refractivity contribution in [3.05, 3.63) is 352 Å². The number of para-hydroxylation sites is 6. The first-order valence-electron chi connectivity index (χ1n) is 33.6. The largest absolute Gasteiger partial charge is 0.309 e. The second-order valence-electron chi connectivity index (χ2n) is 25.0. The third-order valence-electron chi connectivity index (χ3n) is 19.1. The Kier molecular flexibility index (Phi) is 14.0. The molecule has 20 aromatic rings. The predicted molar refractivity (Wildman–Crippen MR) is 410 cm³/mol. The maximum atomic E-state index is 5.00. The Morgan fingerprint density at radius 2 is 0.360 bits per heavy atom. The summed E-state index contributed by atoms with van der Waals surface area (Å²) in [6, 6.07) is 123. The van der Waals surface area contributed by atoms with E-state index < -0.39 is 0 Å². The second kappa shape index (κ2) is 24.2. The van der Waals surface area contributed by atoms with E-state index in [0.717, 1.165) is 78.2 Å². The Morgan fingerprint density at radius 3 is 0.680 bits per heavy atom. The molecule has 0 N–H and O–H groups in total. The number of fused-ring (bicyclic) bond motifs is 12. The van der Waals surface area contributed by atoms with Gasteiger partial charge >= 0.3 is 0 Å². The molecule has 6 heterocycles. The van der Waals surface area contributed by atoms with Crippen molar-refractivity contribution < 1.29 is 0 Å². The van der Waals surface area contributed by atoms with E-state index in [4.69, 9.17) is 29.9 Å². The van der Waals surface area contributed by atoms with Crippen LogP contribution in [0.4, 0.5) is 0 Å². The van der Waals surface area contributed by atoms with Gasteiger partial charge in [-0.15, -0.1) is 0 Å². The fourth-order valence-corrected chi connectivity index (χ4v) is 14.6. The number of hydrogen-bond donors (Lipinski definition) is 0. The summed E-state index contributed by atoms with van der Waals surface area (Å²) in [7, 11) is 0. The second-order valence-corrected chi connectivity index (χ2v) is 25.0. The molecule has 0 amide bonds. The van der Waals surface area contributed by atoms with Crippen LogP contribution < -0.4 is 0 Å². The molecule has 0 saturated carbocycles. The first kappa shape index (κ1) is 57.7. The van der Waals surface area contributed by atoms with Crippen molar-refractivity contribution in [1.82, 2.24) is 48.2 Å². The van der Waals surface area contributed by atoms with Crippen molar-refractivity contribution >= 4 is 87.2 Å². The fourth-order valence-electron chi connectivity index (χ4n) is 14.6. The maximum absolute atomic E-state index is 5.00. The minimum atomic E-state index is 0.633. The van der Waals surface area contributed by atoms with Gasteiger partial charge in [-0.05, 0) is 109 Å². The van der Waals surface area contributed by atoms with Crippen LogP contribution in [-0.4, -0.2) is 48.2 Å². The molecule has 20 rings (SSSR count). The van der Waals surface area contributed by atoms with Crippen LogP contribution in [0.1, 0.15) is 0 Å². The predicted octanol–water partition coefficient (Wildman–Crippen LogP) is 22.1. The van der Waals surface area contributed by atoms with Gasteiger partial charge in [0, 0.05) is 99.2 Å². The van der Waals surface area contributed by atoms with Crippen molar-refractivity contribution in [2.75, 3.05) is 0 Å². The van der Waals surface area contributed by atoms with Gasteiger partial charge in [-0.25, -0.2) is 29.9 Å². The average Bonchev–Trinajstić information content (AvgIpc) is 1.59. The lowest BCUT2D eigenvalue weighted by Crippen LogP contribution is -2.01. The van der Waals surface area contributed by atoms with Crippen molar-refractivity contribution in [1.29, 1.82) is 0 Å². The minimum absolute atomic E-state index is 0.633. The third kappa shape index (κ3) is 9.96. The zero-order valence-corrected chi connectivity index (χ0v) is 54.0. The van der Waals surface area contributed by atoms with Crippen LogP contribution in [0.15, 0.2) is 352 Å². The molecule has 0 atom stereocenters. The third-order valence-corrected chi connectivity index (χ3v) is 19.1. The summed E-state index contributed by atoms with van der Waals surface area (Å²) < 4.78 is 9.46. The zero-order valence-electron chi connectivity index (χ0n) is 54.0. The van der Waals surface area contributed by atoms with Gasteiger partial charge in [0.05, 0.1) is 44.1 Å². The zero-order chi connectivity index (χ0) is 66.0. The number of benzene rings is 14. The number of aromatic nitrogens is 10. The topological polar surface area (TPSA) is 97.1 Å². The Hall–Kier alpha value is -13.7. The quantitative estimate of drug-likeness (QED) is 0.135. The Labute approximate surface area is 575 Å². The van der Waals surface area contributed by atoms with E-state index in [1.165, 1.54) is 65.2 Å². The van der Waals surface area contributed by atoms with Gasteiger partial charge in [0.15, 0.2) is 34.9 Å². The van der Waals surface area contributed by atoms with E-state index >= 15 is 0 Å². The highest BCUT2D eigenvalue weighted by Gasteiger charge is 2.21. The first-order valence-corrected chi connectivity index (χ1v) is 33.6. The lowest BCUT2D eigenvalue weighted by Gasteiger charge is -2.12. The molecule has 0 bridgehead atoms. The van der Waals surface area contributed by atoms with Gasteiger partial charge in [0.25, 0.3) is 0 Å². The lowest BCUT2D eigenvalue weighted by atomic mass is 10.1. The van der Waals surface area contributed by atoms with Crippen molar-refractivity contribution in [2.45, 2.75) is 0 Å². The monoisotopic (exact) mass is 1280 g/mol. The minimum Gasteiger partial charge on any atom is -0.309 e. The van der Waals surface area contributed by atoms with E-state index in [1.54, 1.807) is 0 Å². The molecule has 468 valence electrons. The molecule has 100 heavy (non-hydrogen) atoms. The van der Waals surface area contributed by atoms with Gasteiger partial charge in [-0.3, -0.25) is 0 Å². The molecule has 0 aliphatic heterocycles. The average molecular weight is 1280 g/mol. The summed E-state index contributed by atoms with van der Waals surface area (Å²) in [6.07, 6.45) is 0. The van der Waals surface area contributed by atoms with Gasteiger partial charge in [-0.2, -0.15) is 0 Å². The molecule has 14 aromatic carbocycles. The van der Waals surface area contributed by atoms with E-state index in [-0.39, 0.29) is 0 Å². The summed E-state index contributed by atoms with van der Waals surface area (Å²) >= 11 is 0. The number of nitrogens with zero attached hydrogens (tertiary/aromatic N) is 10. The smallest absolute Gasteiger partial charge is 0.164 e. The molecule has 0 radical (unpaired) electrons. The number of rotatable bonds is 10. The Balaban J connectivity index is 0.000000139. The summed E-state index contributed by atoms with van der Waals surface area (Å²) in [5.74, 6) is 3.87. The van der Waals surface area contributed by atoms with Gasteiger partial charge in [-0.1, -0.05) is 243 Å². The standard InChI is InChI=1S/2C45H29N5/c1-3-14-30(15-4-1)43-46-44(31-16-5-2-6-17-31)48-45(47-43)32-18-13-19-33(28-32)49-41-25-12-9-22-37(41)38-29-34(26-27-42(38)49)50-39-23-10-7-20-35(39)36-21-8-11-24-40(36)50;1-3-13-30(14-4-1)43-46-44(31-15-5-2-6-16-31)48-45(47-43)32-23-25-33(26-24-32)49-41-22-12-9-19-37(41)38-29-34(27-28-42(38)49)50-39-20-10-7-17-35(39)36-18-8-11-21-40(36)50/h2*1-29H. The van der Waals surface area contributed by atoms with E-state index in [9.17, 15) is 0 Å². The highest BCUT2D eigenvalue weighted by molar-refractivity contribution is 6.14. The maximum Gasteiger partial charge on any atom is 0.164 e. The number of hydrogen-bond acceptors (Lipinski definition) is 6. The first-order chi connectivity index (χ1) is 49.6. The van der Waals surface area contributed by atoms with Crippen molar-refractivity contribution in [2.24, 2.45) is 0 Å². The molecular formula is C90H58N10. The molecule has 0 spiro atoms. The van der Waals surface area contributed by atoms with Crippen LogP contribution in [0.2, 0.25) is 0 Å². The van der Waals surface area contributed by atoms with E-state index in [1.807, 2.05) is 121 Å². The van der Waals surface area contributed by atoms with Crippen LogP contribution in [-0.2, 0) is 0 Å². The molecule has 0 fully saturated rings. The van der Waals surface area contributed by atoms with Crippen LogP contribution in [0.25, 0.3) is 178 Å². The molecule has 0 saturated heterocycles. The normalized spacial score (nSPS) is 11.6. The molecule has 10 heteroatoms. The van der Waals surface area contributed by atoms with Gasteiger partial charge in [0.2, 0.25) is 0 Å². The molecule has 6 aromatic heterocycles. The van der Waals surface area contributed by atoms with Crippen molar-refractivity contribution in [3.63, 3.8) is 0 Å². The van der Waals surface area contributed by atoms with E-state index in [0.29, 0.717) is 34.9 Å². The lowest BCUT2D eigenvalue weighted by molar-refractivity contribution is 1.07. The molecule has 0 unspecified atom stereocenters. The van der Waals surface area contributed by atoms with Crippen LogP contribution >= 0.6 is 0 Å².